The number of aromatic nitrogens is 2. The van der Waals surface area contributed by atoms with E-state index in [2.05, 4.69) is 56.2 Å². The van der Waals surface area contributed by atoms with Crippen molar-refractivity contribution in [1.82, 2.24) is 25.1 Å². The van der Waals surface area contributed by atoms with Gasteiger partial charge in [-0.25, -0.2) is 4.98 Å². The van der Waals surface area contributed by atoms with Gasteiger partial charge >= 0.3 is 0 Å². The molecule has 1 atom stereocenters. The van der Waals surface area contributed by atoms with E-state index in [1.807, 2.05) is 31.4 Å². The number of nitrogens with zero attached hydrogens (tertiary/aromatic N) is 4. The number of hydrogen-bond donors (Lipinski definition) is 2. The van der Waals surface area contributed by atoms with E-state index >= 15 is 0 Å². The first-order valence-corrected chi connectivity index (χ1v) is 10.9. The molecule has 1 aliphatic heterocycles. The number of hydrogen-bond acceptors (Lipinski definition) is 3. The molecule has 0 saturated carbocycles. The smallest absolute Gasteiger partial charge is 0.193 e. The zero-order valence-electron chi connectivity index (χ0n) is 18.6. The third kappa shape index (κ3) is 7.58. The molecule has 0 aliphatic carbocycles. The molecule has 1 saturated heterocycles. The van der Waals surface area contributed by atoms with Crippen molar-refractivity contribution in [3.05, 3.63) is 42.4 Å². The molecule has 1 aromatic heterocycles. The van der Waals surface area contributed by atoms with Gasteiger partial charge in [0.2, 0.25) is 0 Å². The molecule has 2 N–H and O–H groups in total. The molecule has 166 valence electrons. The van der Waals surface area contributed by atoms with Crippen molar-refractivity contribution in [3.63, 3.8) is 0 Å². The van der Waals surface area contributed by atoms with E-state index in [4.69, 9.17) is 0 Å². The topological polar surface area (TPSA) is 59.6 Å². The molecule has 1 fully saturated rings. The van der Waals surface area contributed by atoms with Crippen molar-refractivity contribution < 1.29 is 0 Å². The number of piperidine rings is 1. The summed E-state index contributed by atoms with van der Waals surface area (Å²) in [7, 11) is 3.89. The van der Waals surface area contributed by atoms with E-state index in [-0.39, 0.29) is 24.0 Å². The molecular formula is C23H37IN6. The first-order valence-electron chi connectivity index (χ1n) is 10.9. The van der Waals surface area contributed by atoms with Crippen LogP contribution in [0.4, 0.5) is 0 Å². The van der Waals surface area contributed by atoms with Crippen LogP contribution < -0.4 is 5.32 Å². The van der Waals surface area contributed by atoms with Crippen LogP contribution in [0.2, 0.25) is 0 Å². The lowest BCUT2D eigenvalue weighted by atomic mass is 10.0. The van der Waals surface area contributed by atoms with E-state index < -0.39 is 0 Å². The number of aromatic amines is 1. The summed E-state index contributed by atoms with van der Waals surface area (Å²) >= 11 is 0. The minimum atomic E-state index is 0. The first-order chi connectivity index (χ1) is 14.2. The third-order valence-corrected chi connectivity index (χ3v) is 5.60. The molecule has 0 spiro atoms. The molecular weight excluding hydrogens is 487 g/mol. The average molecular weight is 524 g/mol. The van der Waals surface area contributed by atoms with Gasteiger partial charge in [0.25, 0.3) is 0 Å². The van der Waals surface area contributed by atoms with Crippen molar-refractivity contribution >= 4 is 29.9 Å². The Labute approximate surface area is 198 Å². The minimum Gasteiger partial charge on any atom is -0.356 e. The summed E-state index contributed by atoms with van der Waals surface area (Å²) in [5.74, 6) is 2.71. The fourth-order valence-electron chi connectivity index (χ4n) is 4.04. The van der Waals surface area contributed by atoms with E-state index in [0.29, 0.717) is 6.54 Å². The third-order valence-electron chi connectivity index (χ3n) is 5.60. The van der Waals surface area contributed by atoms with E-state index in [9.17, 15) is 0 Å². The van der Waals surface area contributed by atoms with Gasteiger partial charge in [-0.1, -0.05) is 37.3 Å². The standard InChI is InChI=1S/C23H36N6.HI/c1-19-10-9-15-29(17-19)14-8-7-13-25-23(24-2)28(3)18-22-26-16-21(27-22)20-11-5-4-6-12-20;/h4-6,11-12,16,19H,7-10,13-15,17-18H2,1-3H3,(H,24,25)(H,26,27);1H. The van der Waals surface area contributed by atoms with E-state index in [0.717, 1.165) is 41.9 Å². The molecule has 1 aliphatic rings. The molecule has 30 heavy (non-hydrogen) atoms. The zero-order chi connectivity index (χ0) is 20.5. The number of rotatable bonds is 8. The zero-order valence-corrected chi connectivity index (χ0v) is 20.9. The monoisotopic (exact) mass is 524 g/mol. The van der Waals surface area contributed by atoms with Gasteiger partial charge in [0.05, 0.1) is 18.4 Å². The van der Waals surface area contributed by atoms with Crippen LogP contribution in [0.3, 0.4) is 0 Å². The number of guanidine groups is 1. The van der Waals surface area contributed by atoms with Crippen molar-refractivity contribution in [3.8, 4) is 11.3 Å². The maximum absolute atomic E-state index is 4.53. The van der Waals surface area contributed by atoms with Crippen LogP contribution in [0.25, 0.3) is 11.3 Å². The fourth-order valence-corrected chi connectivity index (χ4v) is 4.04. The summed E-state index contributed by atoms with van der Waals surface area (Å²) in [5, 5.41) is 3.49. The molecule has 2 heterocycles. The molecule has 0 amide bonds. The second-order valence-electron chi connectivity index (χ2n) is 8.19. The largest absolute Gasteiger partial charge is 0.356 e. The average Bonchev–Trinajstić information content (AvgIpc) is 3.20. The van der Waals surface area contributed by atoms with Gasteiger partial charge in [0.15, 0.2) is 5.96 Å². The Morgan fingerprint density at radius 3 is 2.83 bits per heavy atom. The number of H-pyrrole nitrogens is 1. The molecule has 0 bridgehead atoms. The summed E-state index contributed by atoms with van der Waals surface area (Å²) < 4.78 is 0. The van der Waals surface area contributed by atoms with Crippen LogP contribution in [-0.4, -0.2) is 66.0 Å². The van der Waals surface area contributed by atoms with Gasteiger partial charge in [-0.2, -0.15) is 0 Å². The van der Waals surface area contributed by atoms with Crippen molar-refractivity contribution in [1.29, 1.82) is 0 Å². The Hall–Kier alpha value is -1.61. The Kier molecular flexibility index (Phi) is 10.6. The number of halogens is 1. The van der Waals surface area contributed by atoms with Gasteiger partial charge in [0.1, 0.15) is 5.82 Å². The molecule has 0 radical (unpaired) electrons. The van der Waals surface area contributed by atoms with E-state index in [1.165, 1.54) is 38.9 Å². The summed E-state index contributed by atoms with van der Waals surface area (Å²) in [6, 6.07) is 10.3. The molecule has 3 rings (SSSR count). The van der Waals surface area contributed by atoms with Gasteiger partial charge in [0, 0.05) is 27.2 Å². The maximum atomic E-state index is 4.53. The number of benzene rings is 1. The first kappa shape index (κ1) is 24.7. The predicted octanol–water partition coefficient (Wildman–Crippen LogP) is 4.21. The highest BCUT2D eigenvalue weighted by Gasteiger charge is 2.15. The number of nitrogens with one attached hydrogen (secondary N) is 2. The SMILES string of the molecule is CN=C(NCCCCN1CCCC(C)C1)N(C)Cc1ncc(-c2ccccc2)[nH]1.I. The second kappa shape index (κ2) is 12.9. The highest BCUT2D eigenvalue weighted by atomic mass is 127. The van der Waals surface area contributed by atoms with Crippen LogP contribution in [0, 0.1) is 5.92 Å². The van der Waals surface area contributed by atoms with Gasteiger partial charge < -0.3 is 20.1 Å². The lowest BCUT2D eigenvalue weighted by Crippen LogP contribution is -2.39. The quantitative estimate of drug-likeness (QED) is 0.235. The second-order valence-corrected chi connectivity index (χ2v) is 8.19. The summed E-state index contributed by atoms with van der Waals surface area (Å²) in [4.78, 5) is 17.1. The lowest BCUT2D eigenvalue weighted by Gasteiger charge is -2.30. The summed E-state index contributed by atoms with van der Waals surface area (Å²) in [6.45, 7) is 7.78. The predicted molar refractivity (Wildman–Crippen MR) is 136 cm³/mol. The lowest BCUT2D eigenvalue weighted by molar-refractivity contribution is 0.181. The Morgan fingerprint density at radius 1 is 1.30 bits per heavy atom. The maximum Gasteiger partial charge on any atom is 0.193 e. The van der Waals surface area contributed by atoms with Crippen LogP contribution >= 0.6 is 24.0 Å². The minimum absolute atomic E-state index is 0. The van der Waals surface area contributed by atoms with Crippen LogP contribution in [0.15, 0.2) is 41.5 Å². The number of unbranched alkanes of at least 4 members (excludes halogenated alkanes) is 1. The fraction of sp³-hybridized carbons (Fsp3) is 0.565. The van der Waals surface area contributed by atoms with Crippen LogP contribution in [0.5, 0.6) is 0 Å². The van der Waals surface area contributed by atoms with Gasteiger partial charge in [-0.15, -0.1) is 24.0 Å². The normalized spacial score (nSPS) is 17.4. The number of likely N-dealkylation sites (tertiary alicyclic amines) is 1. The van der Waals surface area contributed by atoms with Crippen molar-refractivity contribution in [2.24, 2.45) is 10.9 Å². The van der Waals surface area contributed by atoms with Crippen LogP contribution in [0.1, 0.15) is 38.4 Å². The highest BCUT2D eigenvalue weighted by Crippen LogP contribution is 2.17. The van der Waals surface area contributed by atoms with Crippen molar-refractivity contribution in [2.75, 3.05) is 40.3 Å². The molecule has 7 heteroatoms. The Balaban J connectivity index is 0.00000320. The van der Waals surface area contributed by atoms with Gasteiger partial charge in [-0.3, -0.25) is 4.99 Å². The number of imidazole rings is 1. The Bertz CT molecular complexity index is 760. The number of aliphatic imine (C=N–C) groups is 1. The van der Waals surface area contributed by atoms with Crippen LogP contribution in [-0.2, 0) is 6.54 Å². The Morgan fingerprint density at radius 2 is 2.10 bits per heavy atom. The molecule has 1 aromatic carbocycles. The molecule has 1 unspecified atom stereocenters. The summed E-state index contributed by atoms with van der Waals surface area (Å²) in [5.41, 5.74) is 2.20. The molecule has 6 nitrogen and oxygen atoms in total. The summed E-state index contributed by atoms with van der Waals surface area (Å²) in [6.07, 6.45) is 7.05. The van der Waals surface area contributed by atoms with Gasteiger partial charge in [-0.05, 0) is 50.3 Å². The van der Waals surface area contributed by atoms with E-state index in [1.54, 1.807) is 0 Å². The highest BCUT2D eigenvalue weighted by molar-refractivity contribution is 14.0. The molecule has 2 aromatic rings. The van der Waals surface area contributed by atoms with Crippen molar-refractivity contribution in [2.45, 2.75) is 39.2 Å².